The van der Waals surface area contributed by atoms with Crippen LogP contribution in [0.3, 0.4) is 0 Å². The molecule has 0 saturated heterocycles. The first-order valence-electron chi connectivity index (χ1n) is 9.35. The minimum atomic E-state index is 0.356. The zero-order valence-corrected chi connectivity index (χ0v) is 17.6. The Labute approximate surface area is 178 Å². The van der Waals surface area contributed by atoms with Crippen molar-refractivity contribution in [2.45, 2.75) is 38.1 Å². The van der Waals surface area contributed by atoms with Crippen molar-refractivity contribution < 1.29 is 0 Å². The number of hydrogen-bond acceptors (Lipinski definition) is 4. The Morgan fingerprint density at radius 1 is 1.14 bits per heavy atom. The average Bonchev–Trinajstić information content (AvgIpc) is 3.12. The summed E-state index contributed by atoms with van der Waals surface area (Å²) in [6, 6.07) is 9.68. The van der Waals surface area contributed by atoms with E-state index in [1.165, 1.54) is 19.3 Å². The number of benzene rings is 1. The lowest BCUT2D eigenvalue weighted by molar-refractivity contribution is 0.435. The van der Waals surface area contributed by atoms with Gasteiger partial charge in [-0.3, -0.25) is 9.98 Å². The van der Waals surface area contributed by atoms with Crippen LogP contribution in [0.25, 0.3) is 11.3 Å². The standard InChI is InChI=1S/C21H20Cl2N4S/c22-16-8-9-19(23)18(11-16)20-14-28-21(26-17-6-2-1-3-7-17)27(20)25-13-15-5-4-10-24-12-15/h4-5,8-14,17H,1-3,6-7H2. The van der Waals surface area contributed by atoms with E-state index in [1.54, 1.807) is 36.0 Å². The van der Waals surface area contributed by atoms with Crippen LogP contribution in [-0.2, 0) is 0 Å². The van der Waals surface area contributed by atoms with E-state index in [-0.39, 0.29) is 0 Å². The lowest BCUT2D eigenvalue weighted by Gasteiger charge is -2.16. The van der Waals surface area contributed by atoms with E-state index < -0.39 is 0 Å². The molecule has 1 aliphatic rings. The number of hydrogen-bond donors (Lipinski definition) is 0. The molecule has 1 aromatic carbocycles. The molecular weight excluding hydrogens is 411 g/mol. The molecule has 7 heteroatoms. The van der Waals surface area contributed by atoms with Gasteiger partial charge in [-0.15, -0.1) is 11.3 Å². The van der Waals surface area contributed by atoms with E-state index >= 15 is 0 Å². The normalized spacial score (nSPS) is 16.1. The highest BCUT2D eigenvalue weighted by atomic mass is 35.5. The number of pyridine rings is 1. The summed E-state index contributed by atoms with van der Waals surface area (Å²) in [5, 5.41) is 8.03. The molecule has 1 saturated carbocycles. The van der Waals surface area contributed by atoms with Gasteiger partial charge in [0.25, 0.3) is 0 Å². The predicted molar refractivity (Wildman–Crippen MR) is 117 cm³/mol. The molecule has 3 aromatic rings. The summed E-state index contributed by atoms with van der Waals surface area (Å²) < 4.78 is 1.86. The van der Waals surface area contributed by atoms with Gasteiger partial charge in [0, 0.05) is 33.9 Å². The zero-order chi connectivity index (χ0) is 19.3. The molecule has 4 nitrogen and oxygen atoms in total. The molecule has 0 amide bonds. The maximum atomic E-state index is 6.46. The second-order valence-electron chi connectivity index (χ2n) is 6.79. The molecule has 0 atom stereocenters. The number of rotatable bonds is 4. The Kier molecular flexibility index (Phi) is 6.25. The van der Waals surface area contributed by atoms with Gasteiger partial charge in [0.05, 0.1) is 23.0 Å². The second kappa shape index (κ2) is 9.03. The molecule has 0 N–H and O–H groups in total. The van der Waals surface area contributed by atoms with Crippen molar-refractivity contribution >= 4 is 40.8 Å². The van der Waals surface area contributed by atoms with Gasteiger partial charge < -0.3 is 0 Å². The van der Waals surface area contributed by atoms with Crippen LogP contribution in [0.5, 0.6) is 0 Å². The molecule has 0 bridgehead atoms. The SMILES string of the molecule is Clc1ccc(Cl)c(-c2csc(=NC3CCCCC3)n2N=Cc2cccnc2)c1. The Balaban J connectivity index is 1.81. The van der Waals surface area contributed by atoms with Crippen molar-refractivity contribution in [2.75, 3.05) is 0 Å². The molecule has 144 valence electrons. The third kappa shape index (κ3) is 4.54. The van der Waals surface area contributed by atoms with Crippen molar-refractivity contribution in [3.8, 4) is 11.3 Å². The highest BCUT2D eigenvalue weighted by Gasteiger charge is 2.15. The predicted octanol–water partition coefficient (Wildman–Crippen LogP) is 6.03. The smallest absolute Gasteiger partial charge is 0.206 e. The number of nitrogens with zero attached hydrogens (tertiary/aromatic N) is 4. The van der Waals surface area contributed by atoms with Crippen molar-refractivity contribution in [1.29, 1.82) is 0 Å². The molecule has 1 aliphatic carbocycles. The van der Waals surface area contributed by atoms with Crippen LogP contribution in [0.2, 0.25) is 10.0 Å². The second-order valence-corrected chi connectivity index (χ2v) is 8.47. The van der Waals surface area contributed by atoms with Crippen molar-refractivity contribution in [2.24, 2.45) is 10.1 Å². The minimum absolute atomic E-state index is 0.356. The quantitative estimate of drug-likeness (QED) is 0.465. The summed E-state index contributed by atoms with van der Waals surface area (Å²) in [5.74, 6) is 0. The van der Waals surface area contributed by atoms with Gasteiger partial charge in [-0.1, -0.05) is 48.5 Å². The lowest BCUT2D eigenvalue weighted by Crippen LogP contribution is -2.19. The highest BCUT2D eigenvalue weighted by Crippen LogP contribution is 2.31. The largest absolute Gasteiger partial charge is 0.264 e. The summed E-state index contributed by atoms with van der Waals surface area (Å²) in [7, 11) is 0. The average molecular weight is 431 g/mol. The van der Waals surface area contributed by atoms with Crippen LogP contribution in [0.4, 0.5) is 0 Å². The molecule has 0 radical (unpaired) electrons. The highest BCUT2D eigenvalue weighted by molar-refractivity contribution is 7.07. The van der Waals surface area contributed by atoms with E-state index in [1.807, 2.05) is 34.3 Å². The van der Waals surface area contributed by atoms with E-state index in [4.69, 9.17) is 33.3 Å². The molecular formula is C21H20Cl2N4S. The van der Waals surface area contributed by atoms with E-state index in [0.717, 1.165) is 34.5 Å². The lowest BCUT2D eigenvalue weighted by atomic mass is 9.96. The van der Waals surface area contributed by atoms with Gasteiger partial charge in [0.1, 0.15) is 0 Å². The molecule has 28 heavy (non-hydrogen) atoms. The maximum Gasteiger partial charge on any atom is 0.206 e. The van der Waals surface area contributed by atoms with Gasteiger partial charge in [-0.2, -0.15) is 5.10 Å². The fraction of sp³-hybridized carbons (Fsp3) is 0.286. The van der Waals surface area contributed by atoms with E-state index in [2.05, 4.69) is 4.98 Å². The molecule has 0 unspecified atom stereocenters. The molecule has 4 rings (SSSR count). The van der Waals surface area contributed by atoms with Gasteiger partial charge >= 0.3 is 0 Å². The topological polar surface area (TPSA) is 42.5 Å². The first-order valence-corrected chi connectivity index (χ1v) is 11.0. The van der Waals surface area contributed by atoms with Crippen LogP contribution in [-0.4, -0.2) is 21.9 Å². The van der Waals surface area contributed by atoms with Crippen LogP contribution in [0, 0.1) is 0 Å². The van der Waals surface area contributed by atoms with Gasteiger partial charge in [0.2, 0.25) is 4.80 Å². The van der Waals surface area contributed by atoms with Crippen molar-refractivity contribution in [3.05, 3.63) is 68.5 Å². The summed E-state index contributed by atoms with van der Waals surface area (Å²) in [5.41, 5.74) is 2.65. The summed E-state index contributed by atoms with van der Waals surface area (Å²) in [6.07, 6.45) is 11.4. The van der Waals surface area contributed by atoms with Crippen LogP contribution < -0.4 is 4.80 Å². The first-order chi connectivity index (χ1) is 13.7. The monoisotopic (exact) mass is 430 g/mol. The maximum absolute atomic E-state index is 6.46. The Bertz CT molecular complexity index is 1030. The third-order valence-corrected chi connectivity index (χ3v) is 6.16. The van der Waals surface area contributed by atoms with E-state index in [9.17, 15) is 0 Å². The molecule has 0 spiro atoms. The summed E-state index contributed by atoms with van der Waals surface area (Å²) >= 11 is 14.3. The molecule has 2 heterocycles. The number of halogens is 2. The Morgan fingerprint density at radius 3 is 2.79 bits per heavy atom. The van der Waals surface area contributed by atoms with Crippen LogP contribution in [0.1, 0.15) is 37.7 Å². The Hall–Kier alpha value is -1.95. The number of thiazole rings is 1. The van der Waals surface area contributed by atoms with Crippen LogP contribution >= 0.6 is 34.5 Å². The third-order valence-electron chi connectivity index (χ3n) is 4.76. The fourth-order valence-corrected chi connectivity index (χ4v) is 4.61. The van der Waals surface area contributed by atoms with Crippen LogP contribution in [0.15, 0.2) is 58.2 Å². The fourth-order valence-electron chi connectivity index (χ4n) is 3.32. The van der Waals surface area contributed by atoms with Gasteiger partial charge in [0.15, 0.2) is 0 Å². The number of aromatic nitrogens is 2. The van der Waals surface area contributed by atoms with Gasteiger partial charge in [-0.05, 0) is 37.1 Å². The van der Waals surface area contributed by atoms with E-state index in [0.29, 0.717) is 16.1 Å². The van der Waals surface area contributed by atoms with Crippen molar-refractivity contribution in [1.82, 2.24) is 9.66 Å². The summed E-state index contributed by atoms with van der Waals surface area (Å²) in [4.78, 5) is 10.0. The molecule has 1 fully saturated rings. The minimum Gasteiger partial charge on any atom is -0.264 e. The Morgan fingerprint density at radius 2 is 2.00 bits per heavy atom. The van der Waals surface area contributed by atoms with Crippen molar-refractivity contribution in [3.63, 3.8) is 0 Å². The molecule has 0 aliphatic heterocycles. The first kappa shape index (κ1) is 19.4. The zero-order valence-electron chi connectivity index (χ0n) is 15.3. The van der Waals surface area contributed by atoms with Gasteiger partial charge in [-0.25, -0.2) is 4.68 Å². The summed E-state index contributed by atoms with van der Waals surface area (Å²) in [6.45, 7) is 0. The molecule has 2 aromatic heterocycles.